The van der Waals surface area contributed by atoms with Crippen LogP contribution in [0.2, 0.25) is 0 Å². The van der Waals surface area contributed by atoms with Gasteiger partial charge in [-0.25, -0.2) is 4.98 Å². The Morgan fingerprint density at radius 1 is 1.00 bits per heavy atom. The molecule has 100 valence electrons. The summed E-state index contributed by atoms with van der Waals surface area (Å²) in [7, 11) is 0. The highest BCUT2D eigenvalue weighted by Gasteiger charge is 2.15. The molecule has 0 saturated carbocycles. The lowest BCUT2D eigenvalue weighted by Crippen LogP contribution is -1.93. The van der Waals surface area contributed by atoms with E-state index in [0.29, 0.717) is 23.1 Å². The molecule has 0 aliphatic heterocycles. The van der Waals surface area contributed by atoms with E-state index in [0.717, 1.165) is 16.8 Å². The van der Waals surface area contributed by atoms with Crippen molar-refractivity contribution >= 4 is 5.69 Å². The summed E-state index contributed by atoms with van der Waals surface area (Å²) in [6.45, 7) is 3.88. The van der Waals surface area contributed by atoms with Crippen LogP contribution in [0.4, 0.5) is 5.69 Å². The van der Waals surface area contributed by atoms with Gasteiger partial charge in [0.2, 0.25) is 5.82 Å². The van der Waals surface area contributed by atoms with Crippen molar-refractivity contribution < 1.29 is 4.52 Å². The van der Waals surface area contributed by atoms with Crippen LogP contribution in [-0.2, 0) is 0 Å². The molecule has 5 nitrogen and oxygen atoms in total. The van der Waals surface area contributed by atoms with Crippen LogP contribution in [0.5, 0.6) is 0 Å². The van der Waals surface area contributed by atoms with Gasteiger partial charge in [0.25, 0.3) is 5.89 Å². The van der Waals surface area contributed by atoms with Crippen LogP contribution in [0.3, 0.4) is 0 Å². The molecule has 2 N–H and O–H groups in total. The second kappa shape index (κ2) is 4.77. The first-order valence-electron chi connectivity index (χ1n) is 6.28. The molecule has 0 spiro atoms. The lowest BCUT2D eigenvalue weighted by atomic mass is 10.1. The Bertz CT molecular complexity index is 744. The monoisotopic (exact) mass is 266 g/mol. The van der Waals surface area contributed by atoms with Crippen molar-refractivity contribution in [3.8, 4) is 23.0 Å². The van der Waals surface area contributed by atoms with Crippen LogP contribution in [0.25, 0.3) is 23.0 Å². The van der Waals surface area contributed by atoms with Crippen LogP contribution < -0.4 is 5.73 Å². The van der Waals surface area contributed by atoms with Crippen molar-refractivity contribution in [3.05, 3.63) is 47.7 Å². The molecule has 3 rings (SSSR count). The summed E-state index contributed by atoms with van der Waals surface area (Å²) in [6.07, 6.45) is 0. The number of nitrogens with two attached hydrogens (primary N) is 1. The van der Waals surface area contributed by atoms with Crippen LogP contribution >= 0.6 is 0 Å². The summed E-state index contributed by atoms with van der Waals surface area (Å²) in [5, 5.41) is 3.98. The number of nitrogen functional groups attached to an aromatic ring is 1. The van der Waals surface area contributed by atoms with Crippen molar-refractivity contribution in [2.75, 3.05) is 5.73 Å². The molecule has 5 heteroatoms. The Labute approximate surface area is 116 Å². The lowest BCUT2D eigenvalue weighted by Gasteiger charge is -2.03. The van der Waals surface area contributed by atoms with Gasteiger partial charge in [-0.15, -0.1) is 0 Å². The first-order chi connectivity index (χ1) is 9.65. The van der Waals surface area contributed by atoms with Gasteiger partial charge in [0, 0.05) is 11.4 Å². The molecule has 1 aromatic carbocycles. The number of hydrogen-bond acceptors (Lipinski definition) is 5. The fraction of sp³-hybridized carbons (Fsp3) is 0.133. The van der Waals surface area contributed by atoms with Gasteiger partial charge < -0.3 is 10.3 Å². The number of benzene rings is 1. The standard InChI is InChI=1S/C15H14N4O/c1-9-5-3-7-11(16)13(9)15-18-14(19-20-15)12-8-4-6-10(2)17-12/h3-8H,16H2,1-2H3. The molecule has 0 aliphatic rings. The van der Waals surface area contributed by atoms with E-state index < -0.39 is 0 Å². The molecule has 2 aromatic heterocycles. The molecule has 0 radical (unpaired) electrons. The number of aryl methyl sites for hydroxylation is 2. The third-order valence-corrected chi connectivity index (χ3v) is 3.06. The Kier molecular flexibility index (Phi) is 2.95. The molecular formula is C15H14N4O. The summed E-state index contributed by atoms with van der Waals surface area (Å²) in [6, 6.07) is 11.4. The zero-order valence-electron chi connectivity index (χ0n) is 11.3. The van der Waals surface area contributed by atoms with Crippen molar-refractivity contribution in [2.45, 2.75) is 13.8 Å². The van der Waals surface area contributed by atoms with Crippen molar-refractivity contribution in [1.29, 1.82) is 0 Å². The molecule has 3 aromatic rings. The van der Waals surface area contributed by atoms with Gasteiger partial charge in [-0.1, -0.05) is 23.4 Å². The fourth-order valence-corrected chi connectivity index (χ4v) is 2.08. The largest absolute Gasteiger partial charge is 0.398 e. The summed E-state index contributed by atoms with van der Waals surface area (Å²) < 4.78 is 5.33. The number of aromatic nitrogens is 3. The van der Waals surface area contributed by atoms with E-state index in [4.69, 9.17) is 10.3 Å². The van der Waals surface area contributed by atoms with E-state index in [-0.39, 0.29) is 0 Å². The Morgan fingerprint density at radius 2 is 1.80 bits per heavy atom. The molecule has 20 heavy (non-hydrogen) atoms. The smallest absolute Gasteiger partial charge is 0.260 e. The summed E-state index contributed by atoms with van der Waals surface area (Å²) in [5.41, 5.74) is 9.97. The summed E-state index contributed by atoms with van der Waals surface area (Å²) in [5.74, 6) is 0.880. The highest BCUT2D eigenvalue weighted by atomic mass is 16.5. The highest BCUT2D eigenvalue weighted by Crippen LogP contribution is 2.29. The van der Waals surface area contributed by atoms with Crippen molar-refractivity contribution in [2.24, 2.45) is 0 Å². The maximum Gasteiger partial charge on any atom is 0.260 e. The number of pyridine rings is 1. The van der Waals surface area contributed by atoms with E-state index >= 15 is 0 Å². The average Bonchev–Trinajstić information content (AvgIpc) is 2.88. The van der Waals surface area contributed by atoms with Gasteiger partial charge >= 0.3 is 0 Å². The quantitative estimate of drug-likeness (QED) is 0.721. The zero-order valence-corrected chi connectivity index (χ0v) is 11.3. The third kappa shape index (κ3) is 2.14. The molecule has 0 saturated heterocycles. The van der Waals surface area contributed by atoms with Gasteiger partial charge in [0.1, 0.15) is 5.69 Å². The second-order valence-corrected chi connectivity index (χ2v) is 4.63. The number of rotatable bonds is 2. The fourth-order valence-electron chi connectivity index (χ4n) is 2.08. The van der Waals surface area contributed by atoms with Gasteiger partial charge in [-0.2, -0.15) is 4.98 Å². The molecule has 2 heterocycles. The minimum atomic E-state index is 0.416. The molecule has 0 unspecified atom stereocenters. The molecule has 0 bridgehead atoms. The van der Waals surface area contributed by atoms with E-state index in [1.54, 1.807) is 0 Å². The first kappa shape index (κ1) is 12.3. The third-order valence-electron chi connectivity index (χ3n) is 3.06. The Hall–Kier alpha value is -2.69. The van der Waals surface area contributed by atoms with E-state index in [2.05, 4.69) is 15.1 Å². The van der Waals surface area contributed by atoms with Crippen LogP contribution in [0, 0.1) is 13.8 Å². The predicted octanol–water partition coefficient (Wildman–Crippen LogP) is 3.00. The number of hydrogen-bond donors (Lipinski definition) is 1. The van der Waals surface area contributed by atoms with Crippen LogP contribution in [-0.4, -0.2) is 15.1 Å². The first-order valence-corrected chi connectivity index (χ1v) is 6.28. The highest BCUT2D eigenvalue weighted by molar-refractivity contribution is 5.74. The summed E-state index contributed by atoms with van der Waals surface area (Å²) in [4.78, 5) is 8.77. The molecule has 0 fully saturated rings. The molecule has 0 amide bonds. The van der Waals surface area contributed by atoms with Gasteiger partial charge in [-0.05, 0) is 37.6 Å². The van der Waals surface area contributed by atoms with Gasteiger partial charge in [0.15, 0.2) is 0 Å². The molecule has 0 atom stereocenters. The lowest BCUT2D eigenvalue weighted by molar-refractivity contribution is 0.432. The van der Waals surface area contributed by atoms with Crippen molar-refractivity contribution in [3.63, 3.8) is 0 Å². The Balaban J connectivity index is 2.07. The predicted molar refractivity (Wildman–Crippen MR) is 76.9 cm³/mol. The van der Waals surface area contributed by atoms with E-state index in [1.165, 1.54) is 0 Å². The normalized spacial score (nSPS) is 10.7. The summed E-state index contributed by atoms with van der Waals surface area (Å²) >= 11 is 0. The zero-order chi connectivity index (χ0) is 14.1. The SMILES string of the molecule is Cc1cccc(-c2noc(-c3c(C)cccc3N)n2)n1. The Morgan fingerprint density at radius 3 is 2.55 bits per heavy atom. The number of anilines is 1. The maximum absolute atomic E-state index is 5.98. The number of nitrogens with zero attached hydrogens (tertiary/aromatic N) is 3. The molecular weight excluding hydrogens is 252 g/mol. The van der Waals surface area contributed by atoms with Gasteiger partial charge in [0.05, 0.1) is 5.56 Å². The van der Waals surface area contributed by atoms with E-state index in [9.17, 15) is 0 Å². The van der Waals surface area contributed by atoms with E-state index in [1.807, 2.05) is 50.2 Å². The second-order valence-electron chi connectivity index (χ2n) is 4.63. The minimum Gasteiger partial charge on any atom is -0.398 e. The molecule has 0 aliphatic carbocycles. The van der Waals surface area contributed by atoms with Crippen molar-refractivity contribution in [1.82, 2.24) is 15.1 Å². The minimum absolute atomic E-state index is 0.416. The topological polar surface area (TPSA) is 77.8 Å². The van der Waals surface area contributed by atoms with Gasteiger partial charge in [-0.3, -0.25) is 0 Å². The maximum atomic E-state index is 5.98. The average molecular weight is 266 g/mol. The van der Waals surface area contributed by atoms with Crippen LogP contribution in [0.15, 0.2) is 40.9 Å². The van der Waals surface area contributed by atoms with Crippen LogP contribution in [0.1, 0.15) is 11.3 Å².